The Morgan fingerprint density at radius 1 is 1.10 bits per heavy atom. The van der Waals surface area contributed by atoms with Crippen LogP contribution < -0.4 is 20.4 Å². The van der Waals surface area contributed by atoms with E-state index in [4.69, 9.17) is 4.74 Å². The molecule has 0 unspecified atom stereocenters. The first-order valence-corrected chi connectivity index (χ1v) is 10.8. The van der Waals surface area contributed by atoms with Crippen molar-refractivity contribution in [1.29, 1.82) is 0 Å². The Bertz CT molecular complexity index is 1360. The zero-order chi connectivity index (χ0) is 21.8. The van der Waals surface area contributed by atoms with Crippen molar-refractivity contribution in [2.24, 2.45) is 0 Å². The van der Waals surface area contributed by atoms with Gasteiger partial charge in [-0.05, 0) is 47.9 Å². The molecule has 0 bridgehead atoms. The van der Waals surface area contributed by atoms with Gasteiger partial charge in [-0.2, -0.15) is 14.6 Å². The number of aromatic nitrogens is 3. The summed E-state index contributed by atoms with van der Waals surface area (Å²) in [6.07, 6.45) is 3.98. The maximum absolute atomic E-state index is 13.1. The molecule has 31 heavy (non-hydrogen) atoms. The third kappa shape index (κ3) is 4.86. The first kappa shape index (κ1) is 20.9. The van der Waals surface area contributed by atoms with Gasteiger partial charge in [0.1, 0.15) is 17.3 Å². The van der Waals surface area contributed by atoms with Crippen LogP contribution in [0, 0.1) is 5.82 Å². The van der Waals surface area contributed by atoms with Gasteiger partial charge in [-0.15, -0.1) is 0 Å². The Balaban J connectivity index is 1.63. The molecule has 0 fully saturated rings. The van der Waals surface area contributed by atoms with E-state index >= 15 is 0 Å². The fourth-order valence-electron chi connectivity index (χ4n) is 2.99. The highest BCUT2D eigenvalue weighted by Gasteiger charge is 2.12. The molecule has 0 N–H and O–H groups in total. The van der Waals surface area contributed by atoms with E-state index in [2.05, 4.69) is 17.0 Å². The second-order valence-corrected chi connectivity index (χ2v) is 8.06. The molecular weight excluding hydrogens is 417 g/mol. The van der Waals surface area contributed by atoms with Crippen molar-refractivity contribution in [3.63, 3.8) is 0 Å². The van der Waals surface area contributed by atoms with Gasteiger partial charge in [0.2, 0.25) is 4.96 Å². The van der Waals surface area contributed by atoms with Crippen LogP contribution in [0.15, 0.2) is 58.1 Å². The van der Waals surface area contributed by atoms with E-state index in [1.807, 2.05) is 24.3 Å². The van der Waals surface area contributed by atoms with Crippen LogP contribution in [0.1, 0.15) is 36.6 Å². The zero-order valence-corrected chi connectivity index (χ0v) is 17.7. The van der Waals surface area contributed by atoms with Crippen LogP contribution in [0.3, 0.4) is 0 Å². The summed E-state index contributed by atoms with van der Waals surface area (Å²) in [5.74, 6) is 0.422. The Morgan fingerprint density at radius 3 is 2.55 bits per heavy atom. The summed E-state index contributed by atoms with van der Waals surface area (Å²) in [5, 5.41) is 4.22. The lowest BCUT2D eigenvalue weighted by molar-refractivity contribution is 0.309. The lowest BCUT2D eigenvalue weighted by Gasteiger charge is -2.04. The lowest BCUT2D eigenvalue weighted by Crippen LogP contribution is -2.28. The molecule has 0 spiro atoms. The molecule has 2 heterocycles. The molecule has 0 aliphatic heterocycles. The van der Waals surface area contributed by atoms with E-state index in [-0.39, 0.29) is 28.5 Å². The lowest BCUT2D eigenvalue weighted by atomic mass is 10.1. The number of thiazole rings is 1. The van der Waals surface area contributed by atoms with Crippen molar-refractivity contribution in [3.05, 3.63) is 96.4 Å². The number of fused-ring (bicyclic) bond motifs is 1. The fourth-order valence-corrected chi connectivity index (χ4v) is 3.90. The van der Waals surface area contributed by atoms with E-state index in [1.165, 1.54) is 12.1 Å². The Kier molecular flexibility index (Phi) is 6.18. The average Bonchev–Trinajstić information content (AvgIpc) is 3.06. The number of nitrogens with zero attached hydrogens (tertiary/aromatic N) is 3. The Hall–Kier alpha value is -3.39. The summed E-state index contributed by atoms with van der Waals surface area (Å²) in [6.45, 7) is 2.78. The molecule has 158 valence electrons. The van der Waals surface area contributed by atoms with Crippen LogP contribution in [-0.4, -0.2) is 21.2 Å². The van der Waals surface area contributed by atoms with Gasteiger partial charge >= 0.3 is 0 Å². The van der Waals surface area contributed by atoms with Crippen LogP contribution in [0.4, 0.5) is 4.39 Å². The van der Waals surface area contributed by atoms with Gasteiger partial charge in [0, 0.05) is 6.42 Å². The van der Waals surface area contributed by atoms with Crippen molar-refractivity contribution >= 4 is 22.4 Å². The third-order valence-corrected chi connectivity index (χ3v) is 5.64. The van der Waals surface area contributed by atoms with Gasteiger partial charge in [0.15, 0.2) is 0 Å². The monoisotopic (exact) mass is 437 g/mol. The minimum absolute atomic E-state index is 0.138. The minimum Gasteiger partial charge on any atom is -0.494 e. The highest BCUT2D eigenvalue weighted by Crippen LogP contribution is 2.13. The van der Waals surface area contributed by atoms with Crippen molar-refractivity contribution in [2.75, 3.05) is 6.61 Å². The fraction of sp³-hybridized carbons (Fsp3) is 0.217. The smallest absolute Gasteiger partial charge is 0.296 e. The maximum atomic E-state index is 13.1. The van der Waals surface area contributed by atoms with E-state index < -0.39 is 5.56 Å². The molecule has 0 saturated carbocycles. The van der Waals surface area contributed by atoms with Gasteiger partial charge in [0.05, 0.1) is 11.1 Å². The van der Waals surface area contributed by atoms with Gasteiger partial charge in [-0.25, -0.2) is 4.39 Å². The molecule has 4 aromatic rings. The topological polar surface area (TPSA) is 73.6 Å². The van der Waals surface area contributed by atoms with Crippen molar-refractivity contribution in [1.82, 2.24) is 14.6 Å². The number of unbranched alkanes of at least 4 members (excludes halogenated alkanes) is 1. The van der Waals surface area contributed by atoms with E-state index in [1.54, 1.807) is 18.2 Å². The highest BCUT2D eigenvalue weighted by atomic mass is 32.1. The quantitative estimate of drug-likeness (QED) is 0.416. The second kappa shape index (κ2) is 9.18. The summed E-state index contributed by atoms with van der Waals surface area (Å²) < 4.78 is 20.3. The molecule has 0 radical (unpaired) electrons. The number of benzene rings is 2. The first-order valence-electron chi connectivity index (χ1n) is 9.95. The Labute approximate surface area is 181 Å². The molecule has 0 saturated heterocycles. The van der Waals surface area contributed by atoms with Crippen LogP contribution in [0.2, 0.25) is 0 Å². The molecule has 8 heteroatoms. The predicted molar refractivity (Wildman–Crippen MR) is 118 cm³/mol. The largest absolute Gasteiger partial charge is 0.494 e. The second-order valence-electron chi connectivity index (χ2n) is 7.05. The summed E-state index contributed by atoms with van der Waals surface area (Å²) in [6, 6.07) is 13.2. The highest BCUT2D eigenvalue weighted by molar-refractivity contribution is 7.15. The van der Waals surface area contributed by atoms with Crippen LogP contribution >= 0.6 is 11.3 Å². The number of ether oxygens (including phenoxy) is 1. The van der Waals surface area contributed by atoms with Gasteiger partial charge in [-0.3, -0.25) is 9.59 Å². The van der Waals surface area contributed by atoms with Gasteiger partial charge in [0.25, 0.3) is 11.1 Å². The molecule has 0 aliphatic rings. The summed E-state index contributed by atoms with van der Waals surface area (Å²) in [4.78, 5) is 29.4. The van der Waals surface area contributed by atoms with E-state index in [0.29, 0.717) is 16.7 Å². The molecule has 6 nitrogen and oxygen atoms in total. The van der Waals surface area contributed by atoms with Gasteiger partial charge < -0.3 is 4.74 Å². The standard InChI is InChI=1S/C23H20FN3O3S/c1-2-3-12-30-18-10-6-16(7-11-18)14-20-22(29)27-23(31-20)25-21(28)19(26-27)13-15-4-8-17(24)9-5-15/h4-11,14H,2-3,12-13H2,1H3/b20-14+. The Morgan fingerprint density at radius 2 is 1.84 bits per heavy atom. The average molecular weight is 437 g/mol. The van der Waals surface area contributed by atoms with Crippen molar-refractivity contribution in [3.8, 4) is 5.75 Å². The molecule has 0 aliphatic carbocycles. The van der Waals surface area contributed by atoms with E-state index in [0.717, 1.165) is 40.0 Å². The van der Waals surface area contributed by atoms with Crippen LogP contribution in [0.5, 0.6) is 5.75 Å². The van der Waals surface area contributed by atoms with Crippen LogP contribution in [0.25, 0.3) is 11.0 Å². The van der Waals surface area contributed by atoms with E-state index in [9.17, 15) is 14.0 Å². The molecule has 0 atom stereocenters. The minimum atomic E-state index is -0.495. The van der Waals surface area contributed by atoms with Gasteiger partial charge in [-0.1, -0.05) is 48.9 Å². The summed E-state index contributed by atoms with van der Waals surface area (Å²) >= 11 is 1.11. The molecule has 2 aromatic heterocycles. The number of hydrogen-bond acceptors (Lipinski definition) is 6. The summed E-state index contributed by atoms with van der Waals surface area (Å²) in [5.41, 5.74) is 0.852. The summed E-state index contributed by atoms with van der Waals surface area (Å²) in [7, 11) is 0. The normalized spacial score (nSPS) is 11.9. The molecule has 2 aromatic carbocycles. The third-order valence-electron chi connectivity index (χ3n) is 4.68. The number of rotatable bonds is 7. The zero-order valence-electron chi connectivity index (χ0n) is 16.9. The SMILES string of the molecule is CCCCOc1ccc(/C=c2/sc3nc(=O)c(Cc4ccc(F)cc4)nn3c2=O)cc1. The molecule has 4 rings (SSSR count). The van der Waals surface area contributed by atoms with Crippen molar-refractivity contribution < 1.29 is 9.13 Å². The maximum Gasteiger partial charge on any atom is 0.296 e. The van der Waals surface area contributed by atoms with Crippen molar-refractivity contribution in [2.45, 2.75) is 26.2 Å². The molecule has 0 amide bonds. The first-order chi connectivity index (χ1) is 15.0. The number of halogens is 1. The predicted octanol–water partition coefficient (Wildman–Crippen LogP) is 2.97. The number of hydrogen-bond donors (Lipinski definition) is 0. The molecular formula is C23H20FN3O3S. The van der Waals surface area contributed by atoms with Crippen LogP contribution in [-0.2, 0) is 6.42 Å².